The number of nitrogens with two attached hydrogens (primary N) is 1. The molecule has 1 aromatic carbocycles. The largest absolute Gasteiger partial charge is 0.330 e. The van der Waals surface area contributed by atoms with Crippen LogP contribution in [0.15, 0.2) is 30.3 Å². The Labute approximate surface area is 118 Å². The predicted molar refractivity (Wildman–Crippen MR) is 82.4 cm³/mol. The Kier molecular flexibility index (Phi) is 5.00. The van der Waals surface area contributed by atoms with Gasteiger partial charge in [-0.2, -0.15) is 0 Å². The van der Waals surface area contributed by atoms with Gasteiger partial charge in [0.15, 0.2) is 0 Å². The van der Waals surface area contributed by atoms with Gasteiger partial charge in [-0.25, -0.2) is 0 Å². The smallest absolute Gasteiger partial charge is 0.0174 e. The Morgan fingerprint density at radius 3 is 2.37 bits per heavy atom. The molecular formula is C17H28N2. The first-order valence-electron chi connectivity index (χ1n) is 7.69. The van der Waals surface area contributed by atoms with Crippen LogP contribution in [-0.2, 0) is 5.41 Å². The van der Waals surface area contributed by atoms with Crippen LogP contribution < -0.4 is 5.73 Å². The normalized spacial score (nSPS) is 19.8. The van der Waals surface area contributed by atoms with Gasteiger partial charge in [-0.3, -0.25) is 4.90 Å². The van der Waals surface area contributed by atoms with E-state index in [1.165, 1.54) is 31.2 Å². The zero-order valence-electron chi connectivity index (χ0n) is 12.4. The van der Waals surface area contributed by atoms with E-state index < -0.39 is 0 Å². The molecule has 1 aliphatic carbocycles. The van der Waals surface area contributed by atoms with Gasteiger partial charge in [0.1, 0.15) is 0 Å². The van der Waals surface area contributed by atoms with Crippen LogP contribution in [0.25, 0.3) is 0 Å². The Bertz CT molecular complexity index is 370. The third kappa shape index (κ3) is 3.37. The predicted octanol–water partition coefficient (Wildman–Crippen LogP) is 3.17. The minimum atomic E-state index is 0.0693. The third-order valence-electron chi connectivity index (χ3n) is 4.72. The van der Waals surface area contributed by atoms with Crippen LogP contribution in [0, 0.1) is 0 Å². The highest BCUT2D eigenvalue weighted by Gasteiger charge is 2.31. The molecule has 0 bridgehead atoms. The molecule has 1 aliphatic rings. The van der Waals surface area contributed by atoms with Crippen molar-refractivity contribution >= 4 is 0 Å². The lowest BCUT2D eigenvalue weighted by Crippen LogP contribution is -2.47. The lowest BCUT2D eigenvalue weighted by molar-refractivity contribution is 0.167. The number of rotatable bonds is 6. The van der Waals surface area contributed by atoms with Crippen molar-refractivity contribution in [3.05, 3.63) is 35.9 Å². The Morgan fingerprint density at radius 2 is 1.84 bits per heavy atom. The maximum atomic E-state index is 6.11. The molecular weight excluding hydrogens is 232 g/mol. The molecule has 1 atom stereocenters. The first kappa shape index (κ1) is 14.5. The summed E-state index contributed by atoms with van der Waals surface area (Å²) >= 11 is 0. The lowest BCUT2D eigenvalue weighted by Gasteiger charge is -2.37. The van der Waals surface area contributed by atoms with Crippen LogP contribution in [0.1, 0.15) is 45.1 Å². The highest BCUT2D eigenvalue weighted by molar-refractivity contribution is 5.25. The van der Waals surface area contributed by atoms with Crippen LogP contribution in [-0.4, -0.2) is 30.6 Å². The Balaban J connectivity index is 2.12. The average molecular weight is 260 g/mol. The van der Waals surface area contributed by atoms with Crippen molar-refractivity contribution in [1.29, 1.82) is 0 Å². The molecule has 106 valence electrons. The van der Waals surface area contributed by atoms with Gasteiger partial charge in [-0.15, -0.1) is 0 Å². The second-order valence-electron chi connectivity index (χ2n) is 6.13. The van der Waals surface area contributed by atoms with E-state index in [2.05, 4.69) is 49.1 Å². The fraction of sp³-hybridized carbons (Fsp3) is 0.647. The third-order valence-corrected chi connectivity index (χ3v) is 4.72. The molecule has 0 aromatic heterocycles. The molecule has 0 aliphatic heterocycles. The first-order chi connectivity index (χ1) is 9.19. The second kappa shape index (κ2) is 6.53. The van der Waals surface area contributed by atoms with Crippen LogP contribution in [0.3, 0.4) is 0 Å². The number of likely N-dealkylation sites (N-methyl/N-ethyl adjacent to an activating group) is 1. The van der Waals surface area contributed by atoms with Gasteiger partial charge in [-0.05, 0) is 24.9 Å². The van der Waals surface area contributed by atoms with Crippen molar-refractivity contribution in [3.63, 3.8) is 0 Å². The summed E-state index contributed by atoms with van der Waals surface area (Å²) in [5.74, 6) is 0. The van der Waals surface area contributed by atoms with Crippen molar-refractivity contribution in [2.24, 2.45) is 5.73 Å². The van der Waals surface area contributed by atoms with Crippen molar-refractivity contribution in [3.8, 4) is 0 Å². The van der Waals surface area contributed by atoms with E-state index in [-0.39, 0.29) is 5.41 Å². The SMILES string of the molecule is CCN(CC(C)(CN)c1ccccc1)C1CCCC1. The van der Waals surface area contributed by atoms with E-state index in [0.29, 0.717) is 6.54 Å². The van der Waals surface area contributed by atoms with E-state index in [1.54, 1.807) is 0 Å². The molecule has 0 heterocycles. The summed E-state index contributed by atoms with van der Waals surface area (Å²) in [7, 11) is 0. The van der Waals surface area contributed by atoms with E-state index >= 15 is 0 Å². The second-order valence-corrected chi connectivity index (χ2v) is 6.13. The summed E-state index contributed by atoms with van der Waals surface area (Å²) in [5, 5.41) is 0. The van der Waals surface area contributed by atoms with Gasteiger partial charge in [0.2, 0.25) is 0 Å². The van der Waals surface area contributed by atoms with E-state index in [4.69, 9.17) is 5.73 Å². The quantitative estimate of drug-likeness (QED) is 0.851. The van der Waals surface area contributed by atoms with Crippen LogP contribution in [0.2, 0.25) is 0 Å². The number of nitrogens with zero attached hydrogens (tertiary/aromatic N) is 1. The molecule has 1 fully saturated rings. The fourth-order valence-corrected chi connectivity index (χ4v) is 3.33. The molecule has 0 amide bonds. The monoisotopic (exact) mass is 260 g/mol. The number of benzene rings is 1. The summed E-state index contributed by atoms with van der Waals surface area (Å²) in [6.45, 7) is 7.50. The fourth-order valence-electron chi connectivity index (χ4n) is 3.33. The van der Waals surface area contributed by atoms with Crippen LogP contribution >= 0.6 is 0 Å². The molecule has 2 heteroatoms. The van der Waals surface area contributed by atoms with Crippen molar-refractivity contribution < 1.29 is 0 Å². The lowest BCUT2D eigenvalue weighted by atomic mass is 9.81. The number of hydrogen-bond acceptors (Lipinski definition) is 2. The topological polar surface area (TPSA) is 29.3 Å². The van der Waals surface area contributed by atoms with Crippen molar-refractivity contribution in [1.82, 2.24) is 4.90 Å². The van der Waals surface area contributed by atoms with Gasteiger partial charge >= 0.3 is 0 Å². The molecule has 0 radical (unpaired) electrons. The highest BCUT2D eigenvalue weighted by atomic mass is 15.2. The molecule has 1 unspecified atom stereocenters. The summed E-state index contributed by atoms with van der Waals surface area (Å²) in [5.41, 5.74) is 7.55. The summed E-state index contributed by atoms with van der Waals surface area (Å²) in [6, 6.07) is 11.5. The van der Waals surface area contributed by atoms with Gasteiger partial charge in [-0.1, -0.05) is 57.0 Å². The van der Waals surface area contributed by atoms with Gasteiger partial charge in [0.05, 0.1) is 0 Å². The number of hydrogen-bond donors (Lipinski definition) is 1. The molecule has 2 nitrogen and oxygen atoms in total. The van der Waals surface area contributed by atoms with Gasteiger partial charge in [0, 0.05) is 24.5 Å². The van der Waals surface area contributed by atoms with Crippen LogP contribution in [0.5, 0.6) is 0 Å². The first-order valence-corrected chi connectivity index (χ1v) is 7.69. The minimum Gasteiger partial charge on any atom is -0.330 e. The van der Waals surface area contributed by atoms with E-state index in [1.807, 2.05) is 0 Å². The van der Waals surface area contributed by atoms with Gasteiger partial charge in [0.25, 0.3) is 0 Å². The molecule has 1 aromatic rings. The van der Waals surface area contributed by atoms with Crippen molar-refractivity contribution in [2.45, 2.75) is 51.0 Å². The standard InChI is InChI=1S/C17H28N2/c1-3-19(16-11-7-8-12-16)14-17(2,13-18)15-9-5-4-6-10-15/h4-6,9-10,16H,3,7-8,11-14,18H2,1-2H3. The van der Waals surface area contributed by atoms with Crippen LogP contribution in [0.4, 0.5) is 0 Å². The maximum Gasteiger partial charge on any atom is 0.0174 e. The van der Waals surface area contributed by atoms with E-state index in [9.17, 15) is 0 Å². The van der Waals surface area contributed by atoms with Gasteiger partial charge < -0.3 is 5.73 Å². The highest BCUT2D eigenvalue weighted by Crippen LogP contribution is 2.29. The Hall–Kier alpha value is -0.860. The summed E-state index contributed by atoms with van der Waals surface area (Å²) < 4.78 is 0. The zero-order valence-corrected chi connectivity index (χ0v) is 12.4. The molecule has 0 saturated heterocycles. The maximum absolute atomic E-state index is 6.11. The van der Waals surface area contributed by atoms with Crippen molar-refractivity contribution in [2.75, 3.05) is 19.6 Å². The summed E-state index contributed by atoms with van der Waals surface area (Å²) in [4.78, 5) is 2.65. The molecule has 2 rings (SSSR count). The minimum absolute atomic E-state index is 0.0693. The molecule has 1 saturated carbocycles. The molecule has 2 N–H and O–H groups in total. The zero-order chi connectivity index (χ0) is 13.7. The molecule has 0 spiro atoms. The average Bonchev–Trinajstić information content (AvgIpc) is 2.99. The summed E-state index contributed by atoms with van der Waals surface area (Å²) in [6.07, 6.45) is 5.52. The Morgan fingerprint density at radius 1 is 1.21 bits per heavy atom. The molecule has 19 heavy (non-hydrogen) atoms. The van der Waals surface area contributed by atoms with E-state index in [0.717, 1.165) is 19.1 Å².